The molecule has 0 spiro atoms. The first-order valence-electron chi connectivity index (χ1n) is 10.5. The lowest BCUT2D eigenvalue weighted by Crippen LogP contribution is -2.10. The molecular formula is C26H22N4O2. The molecule has 0 aliphatic rings. The average molecular weight is 422 g/mol. The van der Waals surface area contributed by atoms with Crippen LogP contribution in [0.15, 0.2) is 94.3 Å². The van der Waals surface area contributed by atoms with Gasteiger partial charge in [-0.25, -0.2) is 4.68 Å². The number of hydrogen-bond acceptors (Lipinski definition) is 5. The summed E-state index contributed by atoms with van der Waals surface area (Å²) in [6, 6.07) is 25.1. The molecule has 0 fully saturated rings. The van der Waals surface area contributed by atoms with E-state index >= 15 is 0 Å². The van der Waals surface area contributed by atoms with E-state index in [0.29, 0.717) is 29.8 Å². The van der Waals surface area contributed by atoms with Gasteiger partial charge in [0.1, 0.15) is 11.3 Å². The van der Waals surface area contributed by atoms with Crippen LogP contribution in [0.3, 0.4) is 0 Å². The van der Waals surface area contributed by atoms with E-state index in [2.05, 4.69) is 46.8 Å². The second-order valence-corrected chi connectivity index (χ2v) is 7.77. The van der Waals surface area contributed by atoms with Gasteiger partial charge in [-0.05, 0) is 36.8 Å². The third-order valence-electron chi connectivity index (χ3n) is 5.41. The van der Waals surface area contributed by atoms with E-state index in [9.17, 15) is 4.79 Å². The summed E-state index contributed by atoms with van der Waals surface area (Å²) in [6.45, 7) is 3.18. The maximum absolute atomic E-state index is 12.8. The second-order valence-electron chi connectivity index (χ2n) is 7.77. The van der Waals surface area contributed by atoms with Crippen molar-refractivity contribution in [2.24, 2.45) is 0 Å². The van der Waals surface area contributed by atoms with E-state index in [-0.39, 0.29) is 5.43 Å². The first-order valence-corrected chi connectivity index (χ1v) is 10.5. The smallest absolute Gasteiger partial charge is 0.193 e. The van der Waals surface area contributed by atoms with E-state index in [0.717, 1.165) is 22.5 Å². The van der Waals surface area contributed by atoms with Gasteiger partial charge < -0.3 is 9.73 Å². The topological polar surface area (TPSA) is 73.0 Å². The molecule has 0 bridgehead atoms. The van der Waals surface area contributed by atoms with Gasteiger partial charge in [0.25, 0.3) is 0 Å². The molecule has 6 nitrogen and oxygen atoms in total. The van der Waals surface area contributed by atoms with Gasteiger partial charge in [-0.3, -0.25) is 4.79 Å². The lowest BCUT2D eigenvalue weighted by molar-refractivity contribution is 0.614. The maximum Gasteiger partial charge on any atom is 0.193 e. The lowest BCUT2D eigenvalue weighted by atomic mass is 10.1. The molecule has 3 aromatic carbocycles. The summed E-state index contributed by atoms with van der Waals surface area (Å²) in [5, 5.41) is 12.2. The van der Waals surface area contributed by atoms with Crippen LogP contribution in [0.25, 0.3) is 22.3 Å². The Labute approximate surface area is 185 Å². The van der Waals surface area contributed by atoms with Crippen LogP contribution in [0, 0.1) is 6.92 Å². The molecule has 6 heteroatoms. The normalized spacial score (nSPS) is 11.0. The predicted molar refractivity (Wildman–Crippen MR) is 126 cm³/mol. The Hall–Kier alpha value is -4.19. The minimum atomic E-state index is -0.0631. The van der Waals surface area contributed by atoms with Crippen molar-refractivity contribution in [3.8, 4) is 11.3 Å². The summed E-state index contributed by atoms with van der Waals surface area (Å²) >= 11 is 0. The number of nitrogens with zero attached hydrogens (tertiary/aromatic N) is 3. The van der Waals surface area contributed by atoms with Crippen molar-refractivity contribution in [2.45, 2.75) is 20.0 Å². The third-order valence-corrected chi connectivity index (χ3v) is 5.41. The predicted octanol–water partition coefficient (Wildman–Crippen LogP) is 5.02. The van der Waals surface area contributed by atoms with Crippen LogP contribution in [0.1, 0.15) is 16.8 Å². The summed E-state index contributed by atoms with van der Waals surface area (Å²) in [6.07, 6.45) is 1.75. The minimum Gasteiger partial charge on any atom is -0.456 e. The lowest BCUT2D eigenvalue weighted by Gasteiger charge is -2.10. The van der Waals surface area contributed by atoms with Crippen molar-refractivity contribution < 1.29 is 4.42 Å². The Morgan fingerprint density at radius 2 is 1.78 bits per heavy atom. The van der Waals surface area contributed by atoms with Gasteiger partial charge in [0.15, 0.2) is 5.43 Å². The quantitative estimate of drug-likeness (QED) is 0.416. The van der Waals surface area contributed by atoms with Crippen molar-refractivity contribution in [3.63, 3.8) is 0 Å². The summed E-state index contributed by atoms with van der Waals surface area (Å²) in [4.78, 5) is 12.8. The number of nitrogens with one attached hydrogen (secondary N) is 1. The average Bonchev–Trinajstić information content (AvgIpc) is 3.26. The number of aromatic nitrogens is 3. The van der Waals surface area contributed by atoms with Crippen LogP contribution >= 0.6 is 0 Å². The zero-order chi connectivity index (χ0) is 21.9. The number of anilines is 1. The van der Waals surface area contributed by atoms with Crippen molar-refractivity contribution in [3.05, 3.63) is 112 Å². The summed E-state index contributed by atoms with van der Waals surface area (Å²) in [5.41, 5.74) is 5.56. The third kappa shape index (κ3) is 4.16. The van der Waals surface area contributed by atoms with Gasteiger partial charge in [-0.1, -0.05) is 59.3 Å². The molecule has 2 heterocycles. The van der Waals surface area contributed by atoms with E-state index in [4.69, 9.17) is 4.42 Å². The fraction of sp³-hybridized carbons (Fsp3) is 0.115. The number of fused-ring (bicyclic) bond motifs is 1. The fourth-order valence-electron chi connectivity index (χ4n) is 3.63. The molecule has 5 rings (SSSR count). The van der Waals surface area contributed by atoms with Crippen LogP contribution < -0.4 is 10.7 Å². The molecule has 2 aromatic heterocycles. The molecule has 32 heavy (non-hydrogen) atoms. The van der Waals surface area contributed by atoms with E-state index in [1.807, 2.05) is 53.2 Å². The molecule has 0 amide bonds. The number of aryl methyl sites for hydroxylation is 1. The van der Waals surface area contributed by atoms with Crippen LogP contribution in [0.2, 0.25) is 0 Å². The summed E-state index contributed by atoms with van der Waals surface area (Å²) < 4.78 is 7.83. The van der Waals surface area contributed by atoms with Gasteiger partial charge in [0.2, 0.25) is 0 Å². The molecule has 0 aliphatic heterocycles. The Morgan fingerprint density at radius 1 is 0.969 bits per heavy atom. The molecule has 0 atom stereocenters. The van der Waals surface area contributed by atoms with Crippen molar-refractivity contribution in [1.82, 2.24) is 15.0 Å². The SMILES string of the molecule is Cc1ccc(NCc2cnnn2Cc2ccc3oc(-c4ccccc4)cc(=O)c3c2)cc1. The Bertz CT molecular complexity index is 1420. The van der Waals surface area contributed by atoms with Gasteiger partial charge in [0, 0.05) is 17.3 Å². The highest BCUT2D eigenvalue weighted by Gasteiger charge is 2.10. The zero-order valence-electron chi connectivity index (χ0n) is 17.7. The van der Waals surface area contributed by atoms with Crippen LogP contribution in [0.4, 0.5) is 5.69 Å². The second kappa shape index (κ2) is 8.51. The number of rotatable bonds is 6. The van der Waals surface area contributed by atoms with Gasteiger partial charge >= 0.3 is 0 Å². The van der Waals surface area contributed by atoms with E-state index < -0.39 is 0 Å². The molecule has 0 aliphatic carbocycles. The molecular weight excluding hydrogens is 400 g/mol. The molecule has 158 valence electrons. The largest absolute Gasteiger partial charge is 0.456 e. The summed E-state index contributed by atoms with van der Waals surface area (Å²) in [7, 11) is 0. The highest BCUT2D eigenvalue weighted by molar-refractivity contribution is 5.79. The van der Waals surface area contributed by atoms with Gasteiger partial charge in [0.05, 0.1) is 30.4 Å². The molecule has 1 N–H and O–H groups in total. The fourth-order valence-corrected chi connectivity index (χ4v) is 3.63. The molecule has 5 aromatic rings. The molecule has 0 radical (unpaired) electrons. The minimum absolute atomic E-state index is 0.0631. The van der Waals surface area contributed by atoms with E-state index in [1.165, 1.54) is 5.56 Å². The Morgan fingerprint density at radius 3 is 2.59 bits per heavy atom. The van der Waals surface area contributed by atoms with Crippen molar-refractivity contribution in [2.75, 3.05) is 5.32 Å². The van der Waals surface area contributed by atoms with E-state index in [1.54, 1.807) is 12.3 Å². The van der Waals surface area contributed by atoms with Gasteiger partial charge in [-0.15, -0.1) is 5.10 Å². The zero-order valence-corrected chi connectivity index (χ0v) is 17.7. The van der Waals surface area contributed by atoms with Crippen molar-refractivity contribution >= 4 is 16.7 Å². The van der Waals surface area contributed by atoms with Crippen molar-refractivity contribution in [1.29, 1.82) is 0 Å². The van der Waals surface area contributed by atoms with Gasteiger partial charge in [-0.2, -0.15) is 0 Å². The van der Waals surface area contributed by atoms with Crippen LogP contribution in [-0.2, 0) is 13.1 Å². The Balaban J connectivity index is 1.37. The first kappa shape index (κ1) is 19.8. The first-order chi connectivity index (χ1) is 15.7. The highest BCUT2D eigenvalue weighted by atomic mass is 16.3. The monoisotopic (exact) mass is 422 g/mol. The molecule has 0 unspecified atom stereocenters. The Kier molecular flexibility index (Phi) is 5.25. The molecule has 0 saturated heterocycles. The number of benzene rings is 3. The van der Waals surface area contributed by atoms with Crippen LogP contribution in [0.5, 0.6) is 0 Å². The maximum atomic E-state index is 12.8. The number of hydrogen-bond donors (Lipinski definition) is 1. The standard InChI is InChI=1S/C26H22N4O2/c1-18-7-10-21(11-8-18)27-15-22-16-28-29-30(22)17-19-9-12-25-23(13-19)24(31)14-26(32-25)20-5-3-2-4-6-20/h2-14,16,27H,15,17H2,1H3. The summed E-state index contributed by atoms with van der Waals surface area (Å²) in [5.74, 6) is 0.566. The molecule has 0 saturated carbocycles. The highest BCUT2D eigenvalue weighted by Crippen LogP contribution is 2.23. The van der Waals surface area contributed by atoms with Crippen LogP contribution in [-0.4, -0.2) is 15.0 Å².